The molecule has 2 amide bonds. The first-order chi connectivity index (χ1) is 8.58. The number of hydrogen-bond donors (Lipinski definition) is 2. The van der Waals surface area contributed by atoms with Gasteiger partial charge in [0, 0.05) is 19.3 Å². The number of anilines is 1. The minimum atomic E-state index is -0.250. The van der Waals surface area contributed by atoms with Crippen molar-refractivity contribution in [3.8, 4) is 0 Å². The number of para-hydroxylation sites is 1. The minimum absolute atomic E-state index is 0. The quantitative estimate of drug-likeness (QED) is 0.829. The van der Waals surface area contributed by atoms with Crippen LogP contribution in [0.1, 0.15) is 11.1 Å². The monoisotopic (exact) mass is 282 g/mol. The van der Waals surface area contributed by atoms with Crippen LogP contribution in [0.2, 0.25) is 0 Å². The minimum Gasteiger partial charge on any atom is -0.344 e. The number of halogens is 1. The summed E-state index contributed by atoms with van der Waals surface area (Å²) < 4.78 is 0. The smallest absolute Gasteiger partial charge is 0.326 e. The Morgan fingerprint density at radius 2 is 1.89 bits per heavy atom. The van der Waals surface area contributed by atoms with Crippen LogP contribution in [0.4, 0.5) is 10.5 Å². The molecule has 2 N–H and O–H groups in total. The summed E-state index contributed by atoms with van der Waals surface area (Å²) >= 11 is 0. The molecule has 0 radical (unpaired) electrons. The van der Waals surface area contributed by atoms with E-state index in [-0.39, 0.29) is 18.4 Å². The number of benzene rings is 1. The topological polar surface area (TPSA) is 56.7 Å². The van der Waals surface area contributed by atoms with Gasteiger partial charge in [0.2, 0.25) is 5.96 Å². The first-order valence-corrected chi connectivity index (χ1v) is 5.98. The molecule has 0 saturated carbocycles. The maximum atomic E-state index is 11.9. The summed E-state index contributed by atoms with van der Waals surface area (Å²) in [6, 6.07) is 5.67. The molecule has 1 aliphatic rings. The standard InChI is InChI=1S/C13H18N4O.ClH/c1-9-5-4-6-10(2)11(9)15-13(18)16-12-14-7-8-17(12)3;/h4-6H,7-8H2,1-3H3,(H2,14,15,16,18);1H. The van der Waals surface area contributed by atoms with Crippen molar-refractivity contribution in [1.29, 1.82) is 0 Å². The fraction of sp³-hybridized carbons (Fsp3) is 0.385. The average molecular weight is 283 g/mol. The number of rotatable bonds is 1. The van der Waals surface area contributed by atoms with E-state index < -0.39 is 0 Å². The lowest BCUT2D eigenvalue weighted by Gasteiger charge is -2.16. The first-order valence-electron chi connectivity index (χ1n) is 5.98. The van der Waals surface area contributed by atoms with E-state index in [0.717, 1.165) is 29.9 Å². The van der Waals surface area contributed by atoms with E-state index in [0.29, 0.717) is 5.96 Å². The molecule has 1 aromatic carbocycles. The molecule has 1 heterocycles. The Bertz CT molecular complexity index is 481. The summed E-state index contributed by atoms with van der Waals surface area (Å²) in [4.78, 5) is 18.0. The maximum absolute atomic E-state index is 11.9. The lowest BCUT2D eigenvalue weighted by molar-refractivity contribution is 0.255. The molecule has 0 atom stereocenters. The second kappa shape index (κ2) is 6.43. The van der Waals surface area contributed by atoms with Crippen LogP contribution >= 0.6 is 12.4 Å². The summed E-state index contributed by atoms with van der Waals surface area (Å²) in [6.45, 7) is 5.53. The molecule has 0 aliphatic carbocycles. The molecule has 0 bridgehead atoms. The summed E-state index contributed by atoms with van der Waals surface area (Å²) in [5.74, 6) is 0.624. The summed E-state index contributed by atoms with van der Waals surface area (Å²) in [5.41, 5.74) is 2.95. The van der Waals surface area contributed by atoms with Gasteiger partial charge in [0.15, 0.2) is 0 Å². The molecule has 0 aromatic heterocycles. The van der Waals surface area contributed by atoms with Crippen molar-refractivity contribution in [3.63, 3.8) is 0 Å². The van der Waals surface area contributed by atoms with Crippen molar-refractivity contribution < 1.29 is 4.79 Å². The van der Waals surface area contributed by atoms with Crippen LogP contribution in [0.15, 0.2) is 23.2 Å². The predicted octanol–water partition coefficient (Wildman–Crippen LogP) is 2.15. The van der Waals surface area contributed by atoms with Gasteiger partial charge in [-0.2, -0.15) is 0 Å². The van der Waals surface area contributed by atoms with Gasteiger partial charge >= 0.3 is 6.03 Å². The van der Waals surface area contributed by atoms with Gasteiger partial charge in [-0.1, -0.05) is 18.2 Å². The van der Waals surface area contributed by atoms with Crippen LogP contribution in [0.5, 0.6) is 0 Å². The zero-order valence-corrected chi connectivity index (χ0v) is 12.2. The van der Waals surface area contributed by atoms with Crippen LogP contribution in [0.3, 0.4) is 0 Å². The number of amides is 2. The predicted molar refractivity (Wildman–Crippen MR) is 80.3 cm³/mol. The van der Waals surface area contributed by atoms with Crippen LogP contribution in [0.25, 0.3) is 0 Å². The fourth-order valence-electron chi connectivity index (χ4n) is 1.93. The number of likely N-dealkylation sites (N-methyl/N-ethyl adjacent to an activating group) is 1. The zero-order chi connectivity index (χ0) is 13.1. The van der Waals surface area contributed by atoms with Gasteiger partial charge in [-0.3, -0.25) is 10.3 Å². The van der Waals surface area contributed by atoms with E-state index in [4.69, 9.17) is 0 Å². The van der Waals surface area contributed by atoms with Gasteiger partial charge in [0.1, 0.15) is 0 Å². The second-order valence-corrected chi connectivity index (χ2v) is 4.47. The average Bonchev–Trinajstić information content (AvgIpc) is 2.70. The highest BCUT2D eigenvalue weighted by Gasteiger charge is 2.15. The van der Waals surface area contributed by atoms with Crippen molar-refractivity contribution in [2.45, 2.75) is 13.8 Å². The van der Waals surface area contributed by atoms with Crippen molar-refractivity contribution in [2.75, 3.05) is 25.5 Å². The first kappa shape index (κ1) is 15.3. The van der Waals surface area contributed by atoms with Gasteiger partial charge in [-0.15, -0.1) is 12.4 Å². The van der Waals surface area contributed by atoms with Gasteiger partial charge in [-0.25, -0.2) is 4.79 Å². The molecule has 1 aromatic rings. The number of urea groups is 1. The van der Waals surface area contributed by atoms with E-state index in [1.54, 1.807) is 0 Å². The van der Waals surface area contributed by atoms with Gasteiger partial charge in [0.05, 0.1) is 6.54 Å². The van der Waals surface area contributed by atoms with E-state index in [9.17, 15) is 4.79 Å². The molecule has 0 fully saturated rings. The van der Waals surface area contributed by atoms with Crippen LogP contribution in [-0.2, 0) is 0 Å². The summed E-state index contributed by atoms with van der Waals surface area (Å²) in [7, 11) is 1.91. The molecule has 0 unspecified atom stereocenters. The van der Waals surface area contributed by atoms with Crippen molar-refractivity contribution in [3.05, 3.63) is 29.3 Å². The Morgan fingerprint density at radius 1 is 1.26 bits per heavy atom. The molecule has 19 heavy (non-hydrogen) atoms. The van der Waals surface area contributed by atoms with E-state index in [2.05, 4.69) is 15.6 Å². The Kier molecular flexibility index (Phi) is 5.18. The molecule has 6 heteroatoms. The lowest BCUT2D eigenvalue weighted by atomic mass is 10.1. The number of carbonyl (C=O) groups is 1. The van der Waals surface area contributed by atoms with E-state index >= 15 is 0 Å². The fourth-order valence-corrected chi connectivity index (χ4v) is 1.93. The Balaban J connectivity index is 0.00000180. The summed E-state index contributed by atoms with van der Waals surface area (Å²) in [5, 5.41) is 5.63. The van der Waals surface area contributed by atoms with Crippen molar-refractivity contribution in [1.82, 2.24) is 10.2 Å². The highest BCUT2D eigenvalue weighted by molar-refractivity contribution is 6.03. The zero-order valence-electron chi connectivity index (χ0n) is 11.4. The molecule has 2 rings (SSSR count). The lowest BCUT2D eigenvalue weighted by Crippen LogP contribution is -2.41. The molecule has 1 aliphatic heterocycles. The van der Waals surface area contributed by atoms with Crippen molar-refractivity contribution >= 4 is 30.1 Å². The molecular weight excluding hydrogens is 264 g/mol. The Labute approximate surface area is 119 Å². The number of carbonyl (C=O) groups excluding carboxylic acids is 1. The van der Waals surface area contributed by atoms with E-state index in [1.165, 1.54) is 0 Å². The van der Waals surface area contributed by atoms with Crippen LogP contribution in [0, 0.1) is 13.8 Å². The largest absolute Gasteiger partial charge is 0.344 e. The summed E-state index contributed by atoms with van der Waals surface area (Å²) in [6.07, 6.45) is 0. The number of hydrogen-bond acceptors (Lipinski definition) is 3. The third-order valence-corrected chi connectivity index (χ3v) is 3.00. The maximum Gasteiger partial charge on any atom is 0.326 e. The molecule has 5 nitrogen and oxygen atoms in total. The third kappa shape index (κ3) is 3.61. The number of nitrogens with one attached hydrogen (secondary N) is 2. The van der Waals surface area contributed by atoms with Crippen LogP contribution in [-0.4, -0.2) is 37.0 Å². The number of nitrogens with zero attached hydrogens (tertiary/aromatic N) is 2. The highest BCUT2D eigenvalue weighted by Crippen LogP contribution is 2.19. The van der Waals surface area contributed by atoms with E-state index in [1.807, 2.05) is 44.0 Å². The van der Waals surface area contributed by atoms with Gasteiger partial charge in [-0.05, 0) is 25.0 Å². The molecular formula is C13H19ClN4O. The second-order valence-electron chi connectivity index (χ2n) is 4.47. The third-order valence-electron chi connectivity index (χ3n) is 3.00. The number of aryl methyl sites for hydroxylation is 2. The Morgan fingerprint density at radius 3 is 2.42 bits per heavy atom. The molecule has 104 valence electrons. The van der Waals surface area contributed by atoms with Crippen LogP contribution < -0.4 is 10.6 Å². The molecule has 0 spiro atoms. The Hall–Kier alpha value is -1.75. The van der Waals surface area contributed by atoms with Gasteiger partial charge in [0.25, 0.3) is 0 Å². The number of guanidine groups is 1. The van der Waals surface area contributed by atoms with Crippen molar-refractivity contribution in [2.24, 2.45) is 4.99 Å². The molecule has 0 saturated heterocycles. The SMILES string of the molecule is Cc1cccc(C)c1NC(=O)NC1=NCCN1C.Cl. The number of aliphatic imine (C=N–C) groups is 1. The normalized spacial score (nSPS) is 13.6. The van der Waals surface area contributed by atoms with Gasteiger partial charge < -0.3 is 10.2 Å². The highest BCUT2D eigenvalue weighted by atomic mass is 35.5.